The first kappa shape index (κ1) is 17.2. The zero-order valence-electron chi connectivity index (χ0n) is 13.6. The maximum Gasteiger partial charge on any atom is 0.281 e. The molecule has 0 radical (unpaired) electrons. The molecule has 0 aromatic rings. The molecule has 0 amide bonds. The summed E-state index contributed by atoms with van der Waals surface area (Å²) in [6, 6.07) is 0. The number of rotatable bonds is 6. The highest BCUT2D eigenvalue weighted by Crippen LogP contribution is 2.26. The van der Waals surface area contributed by atoms with Crippen LogP contribution >= 0.6 is 0 Å². The van der Waals surface area contributed by atoms with Gasteiger partial charge in [0.05, 0.1) is 0 Å². The van der Waals surface area contributed by atoms with E-state index in [-0.39, 0.29) is 0 Å². The predicted octanol–water partition coefficient (Wildman–Crippen LogP) is 1.67. The minimum Gasteiger partial charge on any atom is -0.317 e. The molecule has 5 nitrogen and oxygen atoms in total. The molecule has 2 heterocycles. The molecule has 2 saturated heterocycles. The lowest BCUT2D eigenvalue weighted by atomic mass is 9.97. The molecule has 2 fully saturated rings. The summed E-state index contributed by atoms with van der Waals surface area (Å²) in [7, 11) is -3.23. The number of hydrogen-bond donors (Lipinski definition) is 1. The summed E-state index contributed by atoms with van der Waals surface area (Å²) in [4.78, 5) is 0. The summed E-state index contributed by atoms with van der Waals surface area (Å²) in [5.41, 5.74) is 0. The molecule has 6 heteroatoms. The fraction of sp³-hybridized carbons (Fsp3) is 1.00. The number of hydrogen-bond acceptors (Lipinski definition) is 3. The molecule has 0 aromatic carbocycles. The van der Waals surface area contributed by atoms with E-state index in [2.05, 4.69) is 19.2 Å². The summed E-state index contributed by atoms with van der Waals surface area (Å²) in [5.74, 6) is 1.17. The second kappa shape index (κ2) is 7.90. The summed E-state index contributed by atoms with van der Waals surface area (Å²) in [6.07, 6.45) is 5.23. The van der Waals surface area contributed by atoms with E-state index in [0.717, 1.165) is 45.3 Å². The molecule has 1 unspecified atom stereocenters. The first-order valence-electron chi connectivity index (χ1n) is 8.53. The van der Waals surface area contributed by atoms with Gasteiger partial charge in [0, 0.05) is 26.2 Å². The van der Waals surface area contributed by atoms with Crippen molar-refractivity contribution in [2.24, 2.45) is 11.8 Å². The predicted molar refractivity (Wildman–Crippen MR) is 86.3 cm³/mol. The van der Waals surface area contributed by atoms with Crippen molar-refractivity contribution in [2.75, 3.05) is 39.3 Å². The van der Waals surface area contributed by atoms with E-state index in [1.54, 1.807) is 8.61 Å². The molecule has 0 aromatic heterocycles. The monoisotopic (exact) mass is 317 g/mol. The van der Waals surface area contributed by atoms with E-state index in [1.165, 1.54) is 6.42 Å². The summed E-state index contributed by atoms with van der Waals surface area (Å²) >= 11 is 0. The minimum atomic E-state index is -3.23. The molecule has 1 N–H and O–H groups in total. The van der Waals surface area contributed by atoms with Gasteiger partial charge in [-0.05, 0) is 50.6 Å². The van der Waals surface area contributed by atoms with E-state index in [9.17, 15) is 8.42 Å². The lowest BCUT2D eigenvalue weighted by Crippen LogP contribution is -2.50. The fourth-order valence-electron chi connectivity index (χ4n) is 3.43. The van der Waals surface area contributed by atoms with E-state index in [1.807, 2.05) is 0 Å². The van der Waals surface area contributed by atoms with Crippen molar-refractivity contribution in [1.82, 2.24) is 13.9 Å². The van der Waals surface area contributed by atoms with E-state index < -0.39 is 10.2 Å². The largest absolute Gasteiger partial charge is 0.317 e. The molecule has 0 saturated carbocycles. The first-order valence-corrected chi connectivity index (χ1v) is 9.93. The van der Waals surface area contributed by atoms with E-state index in [4.69, 9.17) is 0 Å². The Kier molecular flexibility index (Phi) is 6.47. The first-order chi connectivity index (χ1) is 10.1. The van der Waals surface area contributed by atoms with Crippen molar-refractivity contribution >= 4 is 10.2 Å². The molecular formula is C15H31N3O2S. The zero-order chi connectivity index (χ0) is 15.3. The van der Waals surface area contributed by atoms with Crippen molar-refractivity contribution < 1.29 is 8.42 Å². The molecule has 124 valence electrons. The highest BCUT2D eigenvalue weighted by atomic mass is 32.2. The Balaban J connectivity index is 1.89. The van der Waals surface area contributed by atoms with Crippen LogP contribution < -0.4 is 5.32 Å². The minimum absolute atomic E-state index is 0.541. The highest BCUT2D eigenvalue weighted by Gasteiger charge is 2.35. The molecule has 0 bridgehead atoms. The van der Waals surface area contributed by atoms with Crippen LogP contribution in [-0.4, -0.2) is 56.3 Å². The number of nitrogens with one attached hydrogen (secondary N) is 1. The van der Waals surface area contributed by atoms with Gasteiger partial charge >= 0.3 is 0 Å². The zero-order valence-corrected chi connectivity index (χ0v) is 14.4. The maximum atomic E-state index is 12.8. The lowest BCUT2D eigenvalue weighted by molar-refractivity contribution is 0.218. The topological polar surface area (TPSA) is 52.7 Å². The van der Waals surface area contributed by atoms with Crippen LogP contribution in [0.3, 0.4) is 0 Å². The van der Waals surface area contributed by atoms with Gasteiger partial charge in [-0.15, -0.1) is 0 Å². The van der Waals surface area contributed by atoms with Crippen LogP contribution in [0, 0.1) is 11.8 Å². The average Bonchev–Trinajstić information content (AvgIpc) is 2.53. The van der Waals surface area contributed by atoms with E-state index in [0.29, 0.717) is 31.5 Å². The average molecular weight is 317 g/mol. The standard InChI is InChI=1S/C15H31N3O2S/c1-3-14-6-5-9-18(13-14)21(19,20)17-10-7-15(8-11-17)12-16-4-2/h14-16H,3-13H2,1-2H3. The smallest absolute Gasteiger partial charge is 0.281 e. The lowest BCUT2D eigenvalue weighted by Gasteiger charge is -2.38. The Morgan fingerprint density at radius 1 is 1.00 bits per heavy atom. The van der Waals surface area contributed by atoms with Crippen molar-refractivity contribution in [3.63, 3.8) is 0 Å². The van der Waals surface area contributed by atoms with Crippen LogP contribution in [0.15, 0.2) is 0 Å². The van der Waals surface area contributed by atoms with Crippen molar-refractivity contribution in [1.29, 1.82) is 0 Å². The van der Waals surface area contributed by atoms with Crippen molar-refractivity contribution in [2.45, 2.75) is 46.0 Å². The van der Waals surface area contributed by atoms with Crippen LogP contribution in [-0.2, 0) is 10.2 Å². The van der Waals surface area contributed by atoms with Gasteiger partial charge in [0.2, 0.25) is 0 Å². The van der Waals surface area contributed by atoms with E-state index >= 15 is 0 Å². The van der Waals surface area contributed by atoms with Crippen molar-refractivity contribution in [3.05, 3.63) is 0 Å². The Bertz CT molecular complexity index is 405. The molecule has 0 spiro atoms. The quantitative estimate of drug-likeness (QED) is 0.811. The summed E-state index contributed by atoms with van der Waals surface area (Å²) < 4.78 is 29.0. The van der Waals surface area contributed by atoms with Gasteiger partial charge < -0.3 is 5.32 Å². The van der Waals surface area contributed by atoms with Gasteiger partial charge in [-0.1, -0.05) is 20.3 Å². The fourth-order valence-corrected chi connectivity index (χ4v) is 5.18. The normalized spacial score (nSPS) is 27.0. The number of piperidine rings is 2. The Morgan fingerprint density at radius 2 is 1.71 bits per heavy atom. The Labute approximate surface area is 130 Å². The SMILES string of the molecule is CCNCC1CCN(S(=O)(=O)N2CCCC(CC)C2)CC1. The Hall–Kier alpha value is -0.170. The molecule has 2 aliphatic rings. The van der Waals surface area contributed by atoms with Gasteiger partial charge in [-0.2, -0.15) is 17.0 Å². The third-order valence-corrected chi connectivity index (χ3v) is 6.97. The third kappa shape index (κ3) is 4.41. The van der Waals surface area contributed by atoms with Gasteiger partial charge in [-0.25, -0.2) is 0 Å². The highest BCUT2D eigenvalue weighted by molar-refractivity contribution is 7.86. The second-order valence-corrected chi connectivity index (χ2v) is 8.36. The van der Waals surface area contributed by atoms with Gasteiger partial charge in [0.1, 0.15) is 0 Å². The molecule has 2 aliphatic heterocycles. The van der Waals surface area contributed by atoms with Gasteiger partial charge in [0.25, 0.3) is 10.2 Å². The third-order valence-electron chi connectivity index (χ3n) is 4.97. The van der Waals surface area contributed by atoms with Crippen LogP contribution in [0.4, 0.5) is 0 Å². The van der Waals surface area contributed by atoms with Crippen LogP contribution in [0.5, 0.6) is 0 Å². The summed E-state index contributed by atoms with van der Waals surface area (Å²) in [5, 5.41) is 3.37. The molecule has 0 aliphatic carbocycles. The van der Waals surface area contributed by atoms with Crippen LogP contribution in [0.1, 0.15) is 46.0 Å². The summed E-state index contributed by atoms with van der Waals surface area (Å²) in [6.45, 7) is 9.08. The molecule has 1 atom stereocenters. The molecule has 2 rings (SSSR count). The molecular weight excluding hydrogens is 286 g/mol. The Morgan fingerprint density at radius 3 is 2.33 bits per heavy atom. The number of nitrogens with zero attached hydrogens (tertiary/aromatic N) is 2. The van der Waals surface area contributed by atoms with Crippen molar-refractivity contribution in [3.8, 4) is 0 Å². The molecule has 21 heavy (non-hydrogen) atoms. The van der Waals surface area contributed by atoms with Gasteiger partial charge in [-0.3, -0.25) is 0 Å². The second-order valence-electron chi connectivity index (χ2n) is 6.43. The maximum absolute atomic E-state index is 12.8. The van der Waals surface area contributed by atoms with Gasteiger partial charge in [0.15, 0.2) is 0 Å². The van der Waals surface area contributed by atoms with Crippen LogP contribution in [0.2, 0.25) is 0 Å². The van der Waals surface area contributed by atoms with Crippen LogP contribution in [0.25, 0.3) is 0 Å².